The molecular formula is C23H26N4O4. The number of nitrogens with zero attached hydrogens (tertiary/aromatic N) is 2. The number of phenols is 2. The van der Waals surface area contributed by atoms with Gasteiger partial charge in [0.15, 0.2) is 0 Å². The first-order valence-corrected chi connectivity index (χ1v) is 9.78. The van der Waals surface area contributed by atoms with Crippen LogP contribution in [0.15, 0.2) is 58.8 Å². The summed E-state index contributed by atoms with van der Waals surface area (Å²) in [7, 11) is 0. The molecule has 0 spiro atoms. The number of rotatable bonds is 4. The van der Waals surface area contributed by atoms with Gasteiger partial charge in [0.05, 0.1) is 17.0 Å². The number of allylic oxidation sites excluding steroid dienone is 1. The van der Waals surface area contributed by atoms with Crippen LogP contribution in [-0.4, -0.2) is 27.7 Å². The van der Waals surface area contributed by atoms with E-state index in [1.807, 2.05) is 24.3 Å². The highest BCUT2D eigenvalue weighted by atomic mass is 16.3. The third-order valence-electron chi connectivity index (χ3n) is 4.90. The molecule has 1 aliphatic rings. The minimum absolute atomic E-state index is 0.00282. The Kier molecular flexibility index (Phi) is 5.75. The van der Waals surface area contributed by atoms with Gasteiger partial charge in [-0.05, 0) is 49.1 Å². The van der Waals surface area contributed by atoms with E-state index in [1.165, 1.54) is 17.1 Å². The smallest absolute Gasteiger partial charge is 0.282 e. The Morgan fingerprint density at radius 3 is 2.13 bits per heavy atom. The first kappa shape index (κ1) is 21.9. The van der Waals surface area contributed by atoms with Crippen molar-refractivity contribution in [3.63, 3.8) is 0 Å². The first-order chi connectivity index (χ1) is 14.5. The highest BCUT2D eigenvalue weighted by Crippen LogP contribution is 2.28. The Balaban J connectivity index is 1.76. The number of hydrazine groups is 1. The molecule has 2 aromatic carbocycles. The van der Waals surface area contributed by atoms with Crippen molar-refractivity contribution in [2.24, 2.45) is 5.10 Å². The Morgan fingerprint density at radius 1 is 1.00 bits per heavy atom. The summed E-state index contributed by atoms with van der Waals surface area (Å²) in [6.07, 6.45) is 0. The standard InChI is InChI=1S/C23H26N4O4/c1-13(24-25-21(30)15-10-18(28)12-19(29)11-15)20-14(2)26-27(22(20)31)17-8-6-16(7-9-17)23(3,4)5/h6-12,24,28-29H,1-5H3,(H,25,30). The molecule has 1 aliphatic heterocycles. The van der Waals surface area contributed by atoms with Crippen molar-refractivity contribution in [2.75, 3.05) is 5.01 Å². The molecule has 2 aromatic rings. The van der Waals surface area contributed by atoms with E-state index < -0.39 is 5.91 Å². The lowest BCUT2D eigenvalue weighted by molar-refractivity contribution is -0.114. The van der Waals surface area contributed by atoms with Crippen LogP contribution in [0.25, 0.3) is 0 Å². The lowest BCUT2D eigenvalue weighted by atomic mass is 9.87. The second kappa shape index (κ2) is 8.14. The van der Waals surface area contributed by atoms with E-state index in [0.29, 0.717) is 22.7 Å². The van der Waals surface area contributed by atoms with Crippen molar-refractivity contribution in [2.45, 2.75) is 40.0 Å². The van der Waals surface area contributed by atoms with Crippen LogP contribution in [0.5, 0.6) is 11.5 Å². The maximum atomic E-state index is 13.0. The van der Waals surface area contributed by atoms with E-state index in [1.54, 1.807) is 13.8 Å². The summed E-state index contributed by atoms with van der Waals surface area (Å²) in [5.74, 6) is -1.36. The zero-order chi connectivity index (χ0) is 22.9. The Labute approximate surface area is 180 Å². The van der Waals surface area contributed by atoms with Crippen LogP contribution >= 0.6 is 0 Å². The number of amides is 2. The second-order valence-electron chi connectivity index (χ2n) is 8.42. The number of anilines is 1. The highest BCUT2D eigenvalue weighted by Gasteiger charge is 2.31. The van der Waals surface area contributed by atoms with Gasteiger partial charge in [0.2, 0.25) is 0 Å². The summed E-state index contributed by atoms with van der Waals surface area (Å²) >= 11 is 0. The minimum Gasteiger partial charge on any atom is -0.508 e. The monoisotopic (exact) mass is 422 g/mol. The van der Waals surface area contributed by atoms with E-state index in [9.17, 15) is 19.8 Å². The SMILES string of the molecule is CC1=NN(c2ccc(C(C)(C)C)cc2)C(=O)C1=C(C)NNC(=O)c1cc(O)cc(O)c1. The predicted molar refractivity (Wildman–Crippen MR) is 119 cm³/mol. The summed E-state index contributed by atoms with van der Waals surface area (Å²) in [5, 5.41) is 24.7. The van der Waals surface area contributed by atoms with Gasteiger partial charge in [-0.2, -0.15) is 10.1 Å². The second-order valence-corrected chi connectivity index (χ2v) is 8.42. The minimum atomic E-state index is -0.583. The van der Waals surface area contributed by atoms with Crippen molar-refractivity contribution in [1.82, 2.24) is 10.9 Å². The Bertz CT molecular complexity index is 1080. The normalized spacial score (nSPS) is 15.6. The molecule has 0 radical (unpaired) electrons. The zero-order valence-corrected chi connectivity index (χ0v) is 18.1. The fourth-order valence-electron chi connectivity index (χ4n) is 3.23. The molecule has 8 heteroatoms. The van der Waals surface area contributed by atoms with Gasteiger partial charge in [0.25, 0.3) is 11.8 Å². The first-order valence-electron chi connectivity index (χ1n) is 9.78. The fourth-order valence-corrected chi connectivity index (χ4v) is 3.23. The molecule has 1 heterocycles. The molecular weight excluding hydrogens is 396 g/mol. The molecule has 0 unspecified atom stereocenters. The molecule has 8 nitrogen and oxygen atoms in total. The van der Waals surface area contributed by atoms with Crippen LogP contribution in [0.2, 0.25) is 0 Å². The van der Waals surface area contributed by atoms with Crippen LogP contribution in [-0.2, 0) is 10.2 Å². The molecule has 0 saturated heterocycles. The van der Waals surface area contributed by atoms with Crippen LogP contribution in [0.3, 0.4) is 0 Å². The fraction of sp³-hybridized carbons (Fsp3) is 0.261. The number of nitrogens with one attached hydrogen (secondary N) is 2. The zero-order valence-electron chi connectivity index (χ0n) is 18.1. The van der Waals surface area contributed by atoms with Gasteiger partial charge in [-0.3, -0.25) is 15.0 Å². The van der Waals surface area contributed by atoms with Crippen LogP contribution in [0.4, 0.5) is 5.69 Å². The molecule has 0 aromatic heterocycles. The van der Waals surface area contributed by atoms with Crippen LogP contribution < -0.4 is 15.9 Å². The maximum absolute atomic E-state index is 13.0. The molecule has 0 bridgehead atoms. The van der Waals surface area contributed by atoms with E-state index in [0.717, 1.165) is 11.6 Å². The van der Waals surface area contributed by atoms with Crippen molar-refractivity contribution < 1.29 is 19.8 Å². The molecule has 31 heavy (non-hydrogen) atoms. The van der Waals surface area contributed by atoms with Crippen LogP contribution in [0, 0.1) is 0 Å². The van der Waals surface area contributed by atoms with Gasteiger partial charge >= 0.3 is 0 Å². The molecule has 0 aliphatic carbocycles. The van der Waals surface area contributed by atoms with Crippen molar-refractivity contribution >= 4 is 23.2 Å². The lowest BCUT2D eigenvalue weighted by Crippen LogP contribution is -2.37. The quantitative estimate of drug-likeness (QED) is 0.446. The van der Waals surface area contributed by atoms with Crippen molar-refractivity contribution in [1.29, 1.82) is 0 Å². The maximum Gasteiger partial charge on any atom is 0.282 e. The van der Waals surface area contributed by atoms with Gasteiger partial charge in [-0.15, -0.1) is 0 Å². The van der Waals surface area contributed by atoms with Crippen LogP contribution in [0.1, 0.15) is 50.5 Å². The highest BCUT2D eigenvalue weighted by molar-refractivity contribution is 6.30. The number of benzene rings is 2. The average molecular weight is 422 g/mol. The molecule has 4 N–H and O–H groups in total. The van der Waals surface area contributed by atoms with Gasteiger partial charge in [0.1, 0.15) is 11.5 Å². The predicted octanol–water partition coefficient (Wildman–Crippen LogP) is 3.33. The molecule has 3 rings (SSSR count). The van der Waals surface area contributed by atoms with E-state index in [4.69, 9.17) is 0 Å². The Hall–Kier alpha value is -3.81. The molecule has 2 amide bonds. The number of carbonyl (C=O) groups is 2. The number of hydrogen-bond acceptors (Lipinski definition) is 6. The van der Waals surface area contributed by atoms with Gasteiger partial charge in [-0.25, -0.2) is 0 Å². The van der Waals surface area contributed by atoms with E-state index in [-0.39, 0.29) is 28.4 Å². The molecule has 0 fully saturated rings. The lowest BCUT2D eigenvalue weighted by Gasteiger charge is -2.20. The number of phenolic OH excluding ortho intramolecular Hbond substituents is 2. The number of hydrazone groups is 1. The third-order valence-corrected chi connectivity index (χ3v) is 4.90. The molecule has 0 atom stereocenters. The summed E-state index contributed by atoms with van der Waals surface area (Å²) in [6, 6.07) is 11.2. The van der Waals surface area contributed by atoms with Crippen molar-refractivity contribution in [3.8, 4) is 11.5 Å². The number of carbonyl (C=O) groups excluding carboxylic acids is 2. The topological polar surface area (TPSA) is 114 Å². The average Bonchev–Trinajstić information content (AvgIpc) is 2.98. The summed E-state index contributed by atoms with van der Waals surface area (Å²) in [5.41, 5.74) is 8.31. The number of aromatic hydroxyl groups is 2. The van der Waals surface area contributed by atoms with Crippen molar-refractivity contribution in [3.05, 3.63) is 64.9 Å². The number of hydrogen-bond donors (Lipinski definition) is 4. The van der Waals surface area contributed by atoms with Gasteiger partial charge in [0, 0.05) is 17.3 Å². The van der Waals surface area contributed by atoms with E-state index >= 15 is 0 Å². The summed E-state index contributed by atoms with van der Waals surface area (Å²) in [4.78, 5) is 25.3. The molecule has 0 saturated carbocycles. The van der Waals surface area contributed by atoms with Gasteiger partial charge < -0.3 is 15.6 Å². The largest absolute Gasteiger partial charge is 0.508 e. The Morgan fingerprint density at radius 2 is 1.58 bits per heavy atom. The summed E-state index contributed by atoms with van der Waals surface area (Å²) < 4.78 is 0. The third kappa shape index (κ3) is 4.69. The molecule has 162 valence electrons. The van der Waals surface area contributed by atoms with Gasteiger partial charge in [-0.1, -0.05) is 32.9 Å². The van der Waals surface area contributed by atoms with E-state index in [2.05, 4.69) is 36.7 Å². The summed E-state index contributed by atoms with van der Waals surface area (Å²) in [6.45, 7) is 9.73.